The molecule has 2 N–H and O–H groups in total. The van der Waals surface area contributed by atoms with Crippen molar-refractivity contribution in [3.63, 3.8) is 0 Å². The van der Waals surface area contributed by atoms with Crippen molar-refractivity contribution in [3.8, 4) is 11.3 Å². The lowest BCUT2D eigenvalue weighted by Crippen LogP contribution is -2.23. The fourth-order valence-corrected chi connectivity index (χ4v) is 2.47. The standard InChI is InChI=1S/C16H19N3/c1-11-5-3-4-6-13(11)14-9-12(2)18-15(19-14)16(10-17)7-8-16/h3-6,9H,7-8,10,17H2,1-2H3. The van der Waals surface area contributed by atoms with Crippen molar-refractivity contribution in [1.82, 2.24) is 9.97 Å². The van der Waals surface area contributed by atoms with Crippen LogP contribution in [0, 0.1) is 13.8 Å². The van der Waals surface area contributed by atoms with Gasteiger partial charge in [0.1, 0.15) is 5.82 Å². The first-order valence-electron chi connectivity index (χ1n) is 6.77. The Balaban J connectivity index is 2.11. The van der Waals surface area contributed by atoms with Crippen LogP contribution in [0.2, 0.25) is 0 Å². The summed E-state index contributed by atoms with van der Waals surface area (Å²) in [5.74, 6) is 0.924. The molecule has 1 aliphatic rings. The quantitative estimate of drug-likeness (QED) is 0.915. The van der Waals surface area contributed by atoms with E-state index in [-0.39, 0.29) is 5.41 Å². The average molecular weight is 253 g/mol. The molecule has 2 aromatic rings. The van der Waals surface area contributed by atoms with Gasteiger partial charge in [-0.05, 0) is 38.3 Å². The molecule has 0 atom stereocenters. The van der Waals surface area contributed by atoms with Crippen molar-refractivity contribution >= 4 is 0 Å². The lowest BCUT2D eigenvalue weighted by Gasteiger charge is -2.14. The third kappa shape index (κ3) is 2.15. The number of aryl methyl sites for hydroxylation is 2. The van der Waals surface area contributed by atoms with Crippen LogP contribution in [0.15, 0.2) is 30.3 Å². The van der Waals surface area contributed by atoms with Crippen LogP contribution in [0.5, 0.6) is 0 Å². The third-order valence-corrected chi connectivity index (χ3v) is 3.99. The molecule has 0 saturated heterocycles. The average Bonchev–Trinajstić information content (AvgIpc) is 3.19. The molecule has 0 aliphatic heterocycles. The summed E-state index contributed by atoms with van der Waals surface area (Å²) in [6.45, 7) is 4.78. The number of hydrogen-bond donors (Lipinski definition) is 1. The Kier molecular flexibility index (Phi) is 2.86. The summed E-state index contributed by atoms with van der Waals surface area (Å²) in [6.07, 6.45) is 2.22. The Labute approximate surface area is 113 Å². The van der Waals surface area contributed by atoms with Crippen molar-refractivity contribution < 1.29 is 0 Å². The van der Waals surface area contributed by atoms with Crippen LogP contribution < -0.4 is 5.73 Å². The second-order valence-electron chi connectivity index (χ2n) is 5.52. The topological polar surface area (TPSA) is 51.8 Å². The van der Waals surface area contributed by atoms with Gasteiger partial charge in [0, 0.05) is 23.2 Å². The molecule has 98 valence electrons. The maximum atomic E-state index is 5.89. The molecule has 3 rings (SSSR count). The molecule has 3 heteroatoms. The van der Waals surface area contributed by atoms with Gasteiger partial charge < -0.3 is 5.73 Å². The normalized spacial score (nSPS) is 16.4. The highest BCUT2D eigenvalue weighted by Gasteiger charge is 2.46. The number of rotatable bonds is 3. The van der Waals surface area contributed by atoms with Gasteiger partial charge in [-0.25, -0.2) is 9.97 Å². The molecule has 0 bridgehead atoms. The van der Waals surface area contributed by atoms with Gasteiger partial charge in [-0.15, -0.1) is 0 Å². The van der Waals surface area contributed by atoms with Crippen molar-refractivity contribution in [2.45, 2.75) is 32.1 Å². The first-order valence-corrected chi connectivity index (χ1v) is 6.77. The van der Waals surface area contributed by atoms with E-state index in [0.29, 0.717) is 6.54 Å². The van der Waals surface area contributed by atoms with E-state index in [1.165, 1.54) is 11.1 Å². The fraction of sp³-hybridized carbons (Fsp3) is 0.375. The molecule has 0 unspecified atom stereocenters. The molecule has 1 aromatic heterocycles. The Bertz CT molecular complexity index is 615. The predicted octanol–water partition coefficient (Wildman–Crippen LogP) is 2.75. The van der Waals surface area contributed by atoms with E-state index < -0.39 is 0 Å². The van der Waals surface area contributed by atoms with Crippen LogP contribution in [-0.2, 0) is 5.41 Å². The molecule has 1 heterocycles. The van der Waals surface area contributed by atoms with Gasteiger partial charge in [-0.3, -0.25) is 0 Å². The number of aromatic nitrogens is 2. The monoisotopic (exact) mass is 253 g/mol. The lowest BCUT2D eigenvalue weighted by molar-refractivity contribution is 0.646. The largest absolute Gasteiger partial charge is 0.329 e. The van der Waals surface area contributed by atoms with E-state index in [2.05, 4.69) is 42.2 Å². The molecule has 1 aromatic carbocycles. The fourth-order valence-electron chi connectivity index (χ4n) is 2.47. The number of nitrogens with two attached hydrogens (primary N) is 1. The summed E-state index contributed by atoms with van der Waals surface area (Å²) in [4.78, 5) is 9.38. The minimum absolute atomic E-state index is 0.0451. The van der Waals surface area contributed by atoms with Crippen LogP contribution in [-0.4, -0.2) is 16.5 Å². The molecular weight excluding hydrogens is 234 g/mol. The molecular formula is C16H19N3. The van der Waals surface area contributed by atoms with Gasteiger partial charge in [-0.1, -0.05) is 24.3 Å². The third-order valence-electron chi connectivity index (χ3n) is 3.99. The van der Waals surface area contributed by atoms with Crippen molar-refractivity contribution in [2.75, 3.05) is 6.54 Å². The molecule has 1 saturated carbocycles. The minimum atomic E-state index is 0.0451. The van der Waals surface area contributed by atoms with E-state index in [9.17, 15) is 0 Å². The SMILES string of the molecule is Cc1cc(-c2ccccc2C)nc(C2(CN)CC2)n1. The molecule has 0 spiro atoms. The van der Waals surface area contributed by atoms with E-state index in [0.717, 1.165) is 30.1 Å². The van der Waals surface area contributed by atoms with Crippen molar-refractivity contribution in [1.29, 1.82) is 0 Å². The molecule has 0 amide bonds. The van der Waals surface area contributed by atoms with Gasteiger partial charge in [0.25, 0.3) is 0 Å². The highest BCUT2D eigenvalue weighted by Crippen LogP contribution is 2.45. The molecule has 3 nitrogen and oxygen atoms in total. The van der Waals surface area contributed by atoms with Crippen LogP contribution >= 0.6 is 0 Å². The van der Waals surface area contributed by atoms with Gasteiger partial charge in [-0.2, -0.15) is 0 Å². The van der Waals surface area contributed by atoms with Gasteiger partial charge in [0.05, 0.1) is 5.69 Å². The summed E-state index contributed by atoms with van der Waals surface area (Å²) < 4.78 is 0. The summed E-state index contributed by atoms with van der Waals surface area (Å²) in [6, 6.07) is 10.4. The number of nitrogens with zero attached hydrogens (tertiary/aromatic N) is 2. The van der Waals surface area contributed by atoms with Crippen molar-refractivity contribution in [2.24, 2.45) is 5.73 Å². The van der Waals surface area contributed by atoms with Crippen LogP contribution in [0.25, 0.3) is 11.3 Å². The zero-order chi connectivity index (χ0) is 13.5. The van der Waals surface area contributed by atoms with E-state index in [1.807, 2.05) is 6.92 Å². The Morgan fingerprint density at radius 3 is 2.53 bits per heavy atom. The smallest absolute Gasteiger partial charge is 0.136 e. The van der Waals surface area contributed by atoms with Crippen LogP contribution in [0.1, 0.15) is 29.9 Å². The zero-order valence-corrected chi connectivity index (χ0v) is 11.5. The van der Waals surface area contributed by atoms with Crippen molar-refractivity contribution in [3.05, 3.63) is 47.4 Å². The van der Waals surface area contributed by atoms with Crippen LogP contribution in [0.4, 0.5) is 0 Å². The second-order valence-corrected chi connectivity index (χ2v) is 5.52. The maximum Gasteiger partial charge on any atom is 0.136 e. The highest BCUT2D eigenvalue weighted by atomic mass is 14.9. The summed E-state index contributed by atoms with van der Waals surface area (Å²) >= 11 is 0. The van der Waals surface area contributed by atoms with Gasteiger partial charge in [0.2, 0.25) is 0 Å². The number of benzene rings is 1. The van der Waals surface area contributed by atoms with E-state index in [1.54, 1.807) is 0 Å². The molecule has 1 aliphatic carbocycles. The second kappa shape index (κ2) is 4.42. The van der Waals surface area contributed by atoms with Gasteiger partial charge in [0.15, 0.2) is 0 Å². The molecule has 19 heavy (non-hydrogen) atoms. The lowest BCUT2D eigenvalue weighted by atomic mass is 10.0. The number of hydrogen-bond acceptors (Lipinski definition) is 3. The van der Waals surface area contributed by atoms with E-state index in [4.69, 9.17) is 10.7 Å². The first-order chi connectivity index (χ1) is 9.14. The Morgan fingerprint density at radius 2 is 1.89 bits per heavy atom. The summed E-state index contributed by atoms with van der Waals surface area (Å²) in [7, 11) is 0. The highest BCUT2D eigenvalue weighted by molar-refractivity contribution is 5.63. The summed E-state index contributed by atoms with van der Waals surface area (Å²) in [5.41, 5.74) is 10.4. The minimum Gasteiger partial charge on any atom is -0.329 e. The summed E-state index contributed by atoms with van der Waals surface area (Å²) in [5, 5.41) is 0. The van der Waals surface area contributed by atoms with Gasteiger partial charge >= 0.3 is 0 Å². The van der Waals surface area contributed by atoms with Crippen LogP contribution in [0.3, 0.4) is 0 Å². The zero-order valence-electron chi connectivity index (χ0n) is 11.5. The van der Waals surface area contributed by atoms with E-state index >= 15 is 0 Å². The molecule has 1 fully saturated rings. The first kappa shape index (κ1) is 12.3. The molecule has 0 radical (unpaired) electrons. The predicted molar refractivity (Wildman–Crippen MR) is 76.9 cm³/mol. The Morgan fingerprint density at radius 1 is 1.16 bits per heavy atom. The Hall–Kier alpha value is -1.74. The maximum absolute atomic E-state index is 5.89.